The fourth-order valence-corrected chi connectivity index (χ4v) is 4.22. The molecule has 3 nitrogen and oxygen atoms in total. The molecule has 1 aromatic rings. The molecule has 1 aliphatic heterocycles. The average Bonchev–Trinajstić information content (AvgIpc) is 2.74. The van der Waals surface area contributed by atoms with Gasteiger partial charge in [-0.05, 0) is 36.0 Å². The summed E-state index contributed by atoms with van der Waals surface area (Å²) in [6, 6.07) is 6.43. The Morgan fingerprint density at radius 2 is 2.00 bits per heavy atom. The maximum absolute atomic E-state index is 11.6. The summed E-state index contributed by atoms with van der Waals surface area (Å²) in [6.07, 6.45) is 3.55. The van der Waals surface area contributed by atoms with Crippen molar-refractivity contribution in [2.24, 2.45) is 0 Å². The molecule has 1 aromatic carbocycles. The first kappa shape index (κ1) is 11.2. The Hall–Kier alpha value is -0.870. The summed E-state index contributed by atoms with van der Waals surface area (Å²) >= 11 is 0. The Balaban J connectivity index is 1.89. The van der Waals surface area contributed by atoms with Gasteiger partial charge in [0.15, 0.2) is 9.84 Å². The molecule has 0 aromatic heterocycles. The van der Waals surface area contributed by atoms with Crippen LogP contribution in [-0.4, -0.2) is 26.5 Å². The highest BCUT2D eigenvalue weighted by Crippen LogP contribution is 2.26. The van der Waals surface area contributed by atoms with Crippen LogP contribution in [0.3, 0.4) is 0 Å². The van der Waals surface area contributed by atoms with Crippen LogP contribution in [0.25, 0.3) is 0 Å². The molecule has 1 N–H and O–H groups in total. The van der Waals surface area contributed by atoms with Crippen molar-refractivity contribution in [1.82, 2.24) is 5.32 Å². The molecule has 0 amide bonds. The second kappa shape index (κ2) is 4.10. The standard InChI is InChI=1S/C13H17NO2S/c15-17(16)7-6-14-13(9-17)12-5-4-10-2-1-3-11(10)8-12/h4-5,8,13-14H,1-3,6-7,9H2. The van der Waals surface area contributed by atoms with Gasteiger partial charge < -0.3 is 5.32 Å². The molecule has 1 aliphatic carbocycles. The highest BCUT2D eigenvalue weighted by atomic mass is 32.2. The van der Waals surface area contributed by atoms with Gasteiger partial charge in [0.05, 0.1) is 11.5 Å². The van der Waals surface area contributed by atoms with Crippen molar-refractivity contribution >= 4 is 9.84 Å². The molecular weight excluding hydrogens is 234 g/mol. The predicted octanol–water partition coefficient (Wildman–Crippen LogP) is 1.23. The van der Waals surface area contributed by atoms with Gasteiger partial charge in [0.2, 0.25) is 0 Å². The summed E-state index contributed by atoms with van der Waals surface area (Å²) in [7, 11) is -2.86. The van der Waals surface area contributed by atoms with Crippen molar-refractivity contribution in [2.45, 2.75) is 25.3 Å². The fourth-order valence-electron chi connectivity index (χ4n) is 2.81. The smallest absolute Gasteiger partial charge is 0.153 e. The number of hydrogen-bond acceptors (Lipinski definition) is 3. The first-order valence-electron chi connectivity index (χ1n) is 6.19. The van der Waals surface area contributed by atoms with Crippen LogP contribution >= 0.6 is 0 Å². The predicted molar refractivity (Wildman–Crippen MR) is 67.9 cm³/mol. The van der Waals surface area contributed by atoms with Crippen LogP contribution in [0, 0.1) is 0 Å². The van der Waals surface area contributed by atoms with E-state index in [4.69, 9.17) is 0 Å². The molecule has 1 fully saturated rings. The molecule has 92 valence electrons. The lowest BCUT2D eigenvalue weighted by atomic mass is 10.0. The zero-order valence-electron chi connectivity index (χ0n) is 9.78. The Kier molecular flexibility index (Phi) is 2.71. The molecule has 1 atom stereocenters. The molecule has 1 unspecified atom stereocenters. The van der Waals surface area contributed by atoms with Crippen LogP contribution in [0.4, 0.5) is 0 Å². The molecular formula is C13H17NO2S. The second-order valence-electron chi connectivity index (χ2n) is 5.00. The van der Waals surface area contributed by atoms with Crippen molar-refractivity contribution in [3.05, 3.63) is 34.9 Å². The molecule has 4 heteroatoms. The van der Waals surface area contributed by atoms with E-state index in [9.17, 15) is 8.42 Å². The third-order valence-corrected chi connectivity index (χ3v) is 5.42. The molecule has 17 heavy (non-hydrogen) atoms. The number of fused-ring (bicyclic) bond motifs is 1. The van der Waals surface area contributed by atoms with Gasteiger partial charge in [-0.1, -0.05) is 18.2 Å². The summed E-state index contributed by atoms with van der Waals surface area (Å²) in [5, 5.41) is 3.30. The molecule has 1 saturated heterocycles. The molecule has 0 saturated carbocycles. The second-order valence-corrected chi connectivity index (χ2v) is 7.23. The van der Waals surface area contributed by atoms with Crippen LogP contribution in [0.5, 0.6) is 0 Å². The fraction of sp³-hybridized carbons (Fsp3) is 0.538. The third kappa shape index (κ3) is 2.24. The number of benzene rings is 1. The Morgan fingerprint density at radius 1 is 1.18 bits per heavy atom. The van der Waals surface area contributed by atoms with Gasteiger partial charge in [0.25, 0.3) is 0 Å². The van der Waals surface area contributed by atoms with Crippen molar-refractivity contribution in [3.63, 3.8) is 0 Å². The zero-order chi connectivity index (χ0) is 11.9. The summed E-state index contributed by atoms with van der Waals surface area (Å²) < 4.78 is 23.3. The van der Waals surface area contributed by atoms with Crippen molar-refractivity contribution in [3.8, 4) is 0 Å². The van der Waals surface area contributed by atoms with Crippen LogP contribution in [0.2, 0.25) is 0 Å². The van der Waals surface area contributed by atoms with Crippen LogP contribution in [0.15, 0.2) is 18.2 Å². The molecule has 2 aliphatic rings. The Labute approximate surface area is 102 Å². The number of sulfone groups is 1. The molecule has 0 spiro atoms. The van der Waals surface area contributed by atoms with E-state index in [2.05, 4.69) is 23.5 Å². The minimum atomic E-state index is -2.86. The number of hydrogen-bond donors (Lipinski definition) is 1. The van der Waals surface area contributed by atoms with Gasteiger partial charge in [-0.2, -0.15) is 0 Å². The first-order chi connectivity index (χ1) is 8.14. The quantitative estimate of drug-likeness (QED) is 0.816. The van der Waals surface area contributed by atoms with E-state index in [0.717, 1.165) is 12.0 Å². The monoisotopic (exact) mass is 251 g/mol. The summed E-state index contributed by atoms with van der Waals surface area (Å²) in [4.78, 5) is 0. The zero-order valence-corrected chi connectivity index (χ0v) is 10.6. The number of nitrogens with one attached hydrogen (secondary N) is 1. The summed E-state index contributed by atoms with van der Waals surface area (Å²) in [5.74, 6) is 0.514. The lowest BCUT2D eigenvalue weighted by Gasteiger charge is -2.24. The normalized spacial score (nSPS) is 26.7. The average molecular weight is 251 g/mol. The Morgan fingerprint density at radius 3 is 2.82 bits per heavy atom. The van der Waals surface area contributed by atoms with E-state index < -0.39 is 9.84 Å². The van der Waals surface area contributed by atoms with Gasteiger partial charge >= 0.3 is 0 Å². The molecule has 1 heterocycles. The minimum Gasteiger partial charge on any atom is -0.308 e. The van der Waals surface area contributed by atoms with Gasteiger partial charge in [0.1, 0.15) is 0 Å². The van der Waals surface area contributed by atoms with Gasteiger partial charge in [-0.3, -0.25) is 0 Å². The molecule has 0 bridgehead atoms. The van der Waals surface area contributed by atoms with Crippen molar-refractivity contribution in [2.75, 3.05) is 18.1 Å². The topological polar surface area (TPSA) is 46.2 Å². The highest BCUT2D eigenvalue weighted by Gasteiger charge is 2.26. The third-order valence-electron chi connectivity index (χ3n) is 3.75. The maximum atomic E-state index is 11.6. The van der Waals surface area contributed by atoms with Gasteiger partial charge in [-0.15, -0.1) is 0 Å². The van der Waals surface area contributed by atoms with E-state index >= 15 is 0 Å². The van der Waals surface area contributed by atoms with Gasteiger partial charge in [0, 0.05) is 12.6 Å². The lowest BCUT2D eigenvalue weighted by Crippen LogP contribution is -2.39. The molecule has 0 radical (unpaired) electrons. The SMILES string of the molecule is O=S1(=O)CCNC(c2ccc3c(c2)CCC3)C1. The maximum Gasteiger partial charge on any atom is 0.153 e. The first-order valence-corrected chi connectivity index (χ1v) is 8.02. The van der Waals surface area contributed by atoms with Crippen LogP contribution in [-0.2, 0) is 22.7 Å². The van der Waals surface area contributed by atoms with E-state index in [1.807, 2.05) is 0 Å². The van der Waals surface area contributed by atoms with Crippen molar-refractivity contribution < 1.29 is 8.42 Å². The van der Waals surface area contributed by atoms with E-state index in [1.165, 1.54) is 24.0 Å². The minimum absolute atomic E-state index is 0.0142. The van der Waals surface area contributed by atoms with E-state index in [-0.39, 0.29) is 17.5 Å². The Bertz CT molecular complexity index is 536. The van der Waals surface area contributed by atoms with E-state index in [1.54, 1.807) is 0 Å². The summed E-state index contributed by atoms with van der Waals surface area (Å²) in [5.41, 5.74) is 3.98. The molecule has 3 rings (SSSR count). The van der Waals surface area contributed by atoms with E-state index in [0.29, 0.717) is 6.54 Å². The van der Waals surface area contributed by atoms with Crippen molar-refractivity contribution in [1.29, 1.82) is 0 Å². The number of aryl methyl sites for hydroxylation is 2. The van der Waals surface area contributed by atoms with Crippen LogP contribution < -0.4 is 5.32 Å². The lowest BCUT2D eigenvalue weighted by molar-refractivity contribution is 0.530. The van der Waals surface area contributed by atoms with Crippen LogP contribution in [0.1, 0.15) is 29.2 Å². The highest BCUT2D eigenvalue weighted by molar-refractivity contribution is 7.91. The number of rotatable bonds is 1. The summed E-state index contributed by atoms with van der Waals surface area (Å²) in [6.45, 7) is 0.573. The van der Waals surface area contributed by atoms with Gasteiger partial charge in [-0.25, -0.2) is 8.42 Å². The largest absolute Gasteiger partial charge is 0.308 e.